The molecule has 12 bridgehead atoms. The molecule has 362 valence electrons. The van der Waals surface area contributed by atoms with Gasteiger partial charge in [-0.1, -0.05) is 141 Å². The summed E-state index contributed by atoms with van der Waals surface area (Å²) < 4.78 is 0. The Morgan fingerprint density at radius 2 is 0.788 bits per heavy atom. The van der Waals surface area contributed by atoms with Crippen molar-refractivity contribution >= 4 is 5.78 Å². The van der Waals surface area contributed by atoms with Crippen molar-refractivity contribution in [2.24, 2.45) is 106 Å². The zero-order chi connectivity index (χ0) is 45.4. The first-order valence-corrected chi connectivity index (χ1v) is 29.6. The smallest absolute Gasteiger partial charge is 0.193 e. The average molecular weight is 893 g/mol. The highest BCUT2D eigenvalue weighted by molar-refractivity contribution is 6.13. The maximum atomic E-state index is 12.4. The van der Waals surface area contributed by atoms with Crippen LogP contribution in [0.2, 0.25) is 0 Å². The van der Waals surface area contributed by atoms with Crippen molar-refractivity contribution in [1.29, 1.82) is 0 Å². The average Bonchev–Trinajstić information content (AvgIpc) is 4.17. The van der Waals surface area contributed by atoms with Crippen LogP contribution < -0.4 is 0 Å². The molecular weight excluding hydrogens is 797 g/mol. The Labute approximate surface area is 405 Å². The molecule has 8 atom stereocenters. The summed E-state index contributed by atoms with van der Waals surface area (Å²) in [6.07, 6.45) is 42.2. The molecule has 0 aliphatic heterocycles. The van der Waals surface area contributed by atoms with Crippen LogP contribution in [0, 0.1) is 106 Å². The Bertz CT molecular complexity index is 1830. The molecule has 2 aromatic carbocycles. The SMILES string of the molecule is C1CC2C3CCC(C3)C2C1.C1CC2CC1C1C3CCC(C3)C21.C1CC2CCC1C2.CC1(C)C2CC3CC(C2)CC1C3.CC1(C)CCCCC1.CC1(C)c2ccccc2C(=O)c2ccccc21. The molecule has 0 spiro atoms. The molecule has 14 fully saturated rings. The highest BCUT2D eigenvalue weighted by atomic mass is 16.1. The van der Waals surface area contributed by atoms with E-state index in [1.165, 1.54) is 103 Å². The Hall–Kier alpha value is -1.89. The van der Waals surface area contributed by atoms with Gasteiger partial charge in [-0.2, -0.15) is 0 Å². The number of carbonyl (C=O) groups is 1. The molecule has 14 saturated carbocycles. The van der Waals surface area contributed by atoms with Gasteiger partial charge in [0.05, 0.1) is 0 Å². The minimum atomic E-state index is -0.0961. The van der Waals surface area contributed by atoms with Gasteiger partial charge in [-0.25, -0.2) is 0 Å². The molecule has 66 heavy (non-hydrogen) atoms. The second-order valence-corrected chi connectivity index (χ2v) is 28.4. The van der Waals surface area contributed by atoms with E-state index in [1.807, 2.05) is 36.4 Å². The van der Waals surface area contributed by atoms with Gasteiger partial charge in [0.1, 0.15) is 0 Å². The fourth-order valence-electron chi connectivity index (χ4n) is 20.4. The minimum absolute atomic E-state index is 0.0961. The van der Waals surface area contributed by atoms with Crippen molar-refractivity contribution in [3.05, 3.63) is 70.8 Å². The Kier molecular flexibility index (Phi) is 13.2. The van der Waals surface area contributed by atoms with E-state index in [0.29, 0.717) is 10.8 Å². The quantitative estimate of drug-likeness (QED) is 0.241. The third-order valence-electron chi connectivity index (χ3n) is 23.8. The molecule has 0 saturated heterocycles. The number of ketones is 1. The van der Waals surface area contributed by atoms with Gasteiger partial charge in [-0.05, 0) is 239 Å². The van der Waals surface area contributed by atoms with Gasteiger partial charge < -0.3 is 0 Å². The first-order valence-electron chi connectivity index (χ1n) is 29.6. The molecule has 1 heteroatoms. The van der Waals surface area contributed by atoms with Gasteiger partial charge in [0.2, 0.25) is 0 Å². The summed E-state index contributed by atoms with van der Waals surface area (Å²) >= 11 is 0. The van der Waals surface area contributed by atoms with Crippen LogP contribution in [0.4, 0.5) is 0 Å². The lowest BCUT2D eigenvalue weighted by atomic mass is 9.46. The lowest BCUT2D eigenvalue weighted by Gasteiger charge is -2.59. The molecule has 15 aliphatic rings. The third kappa shape index (κ3) is 8.94. The van der Waals surface area contributed by atoms with Gasteiger partial charge >= 0.3 is 0 Å². The zero-order valence-corrected chi connectivity index (χ0v) is 43.4. The van der Waals surface area contributed by atoms with E-state index in [4.69, 9.17) is 0 Å². The van der Waals surface area contributed by atoms with Crippen LogP contribution >= 0.6 is 0 Å². The summed E-state index contributed by atoms with van der Waals surface area (Å²) in [5.41, 5.74) is 5.23. The Morgan fingerprint density at radius 3 is 1.18 bits per heavy atom. The van der Waals surface area contributed by atoms with Gasteiger partial charge in [0.15, 0.2) is 5.78 Å². The summed E-state index contributed by atoms with van der Waals surface area (Å²) in [7, 11) is 0. The maximum absolute atomic E-state index is 12.4. The highest BCUT2D eigenvalue weighted by Crippen LogP contribution is 2.67. The molecule has 0 radical (unpaired) electrons. The molecule has 17 rings (SSSR count). The topological polar surface area (TPSA) is 17.1 Å². The van der Waals surface area contributed by atoms with Crippen molar-refractivity contribution in [2.75, 3.05) is 0 Å². The van der Waals surface area contributed by atoms with Crippen molar-refractivity contribution in [3.8, 4) is 0 Å². The van der Waals surface area contributed by atoms with E-state index in [1.54, 1.807) is 141 Å². The molecule has 15 aliphatic carbocycles. The van der Waals surface area contributed by atoms with Crippen LogP contribution in [-0.2, 0) is 5.41 Å². The predicted molar refractivity (Wildman–Crippen MR) is 277 cm³/mol. The second-order valence-electron chi connectivity index (χ2n) is 28.4. The fraction of sp³-hybridized carbons (Fsp3) is 0.800. The Morgan fingerprint density at radius 1 is 0.394 bits per heavy atom. The fourth-order valence-corrected chi connectivity index (χ4v) is 20.4. The van der Waals surface area contributed by atoms with Crippen molar-refractivity contribution in [3.63, 3.8) is 0 Å². The van der Waals surface area contributed by atoms with Crippen molar-refractivity contribution < 1.29 is 4.79 Å². The standard InChI is InChI=1S/C16H14O.C12H18.C12H20.C10H16.C8H16.C7H12/c1-16(2)13-9-5-3-7-11(13)15(17)12-8-4-6-10-14(12)16;1-2-8-5-7(1)11-9-3-4-10(6-9)12(8)11;1-12(2)10-4-8-3-9(6-10)7-11(12)5-8;1-2-9-7-4-5-8(6-7)10(9)3-1;1-8(2)6-4-3-5-7-8;1-2-7-4-3-6(1)5-7/h3-10H,1-2H3;7-12H,1-6H2;8-11H,3-7H2,1-2H3;7-10H,1-6H2;3-7H2,1-2H3;6-7H,1-5H2. The lowest BCUT2D eigenvalue weighted by molar-refractivity contribution is -0.0876. The first kappa shape index (κ1) is 46.5. The molecule has 1 nitrogen and oxygen atoms in total. The largest absolute Gasteiger partial charge is 0.289 e. The number of fused-ring (bicyclic) bond motifs is 18. The molecule has 0 amide bonds. The molecule has 2 aromatic rings. The van der Waals surface area contributed by atoms with Gasteiger partial charge in [-0.3, -0.25) is 4.79 Å². The molecule has 8 unspecified atom stereocenters. The normalized spacial score (nSPS) is 43.3. The highest BCUT2D eigenvalue weighted by Gasteiger charge is 2.59. The van der Waals surface area contributed by atoms with Gasteiger partial charge in [0, 0.05) is 16.5 Å². The number of hydrogen-bond acceptors (Lipinski definition) is 1. The third-order valence-corrected chi connectivity index (χ3v) is 23.8. The Balaban J connectivity index is 0.0000000895. The number of hydrogen-bond donors (Lipinski definition) is 0. The number of benzene rings is 2. The molecule has 0 aromatic heterocycles. The van der Waals surface area contributed by atoms with Gasteiger partial charge in [-0.15, -0.1) is 0 Å². The van der Waals surface area contributed by atoms with E-state index in [-0.39, 0.29) is 11.2 Å². The van der Waals surface area contributed by atoms with Crippen LogP contribution in [0.25, 0.3) is 0 Å². The minimum Gasteiger partial charge on any atom is -0.289 e. The molecule has 0 heterocycles. The van der Waals surface area contributed by atoms with Gasteiger partial charge in [0.25, 0.3) is 0 Å². The molecule has 0 N–H and O–H groups in total. The van der Waals surface area contributed by atoms with Crippen LogP contribution in [0.5, 0.6) is 0 Å². The molecular formula is C65H96O. The van der Waals surface area contributed by atoms with Crippen molar-refractivity contribution in [1.82, 2.24) is 0 Å². The van der Waals surface area contributed by atoms with Crippen LogP contribution in [0.15, 0.2) is 48.5 Å². The monoisotopic (exact) mass is 893 g/mol. The summed E-state index contributed by atoms with van der Waals surface area (Å²) in [5.74, 6) is 19.0. The zero-order valence-electron chi connectivity index (χ0n) is 43.4. The maximum Gasteiger partial charge on any atom is 0.193 e. The number of carbonyl (C=O) groups excluding carboxylic acids is 1. The van der Waals surface area contributed by atoms with Crippen molar-refractivity contribution in [2.45, 2.75) is 220 Å². The van der Waals surface area contributed by atoms with Crippen LogP contribution in [0.1, 0.15) is 242 Å². The first-order chi connectivity index (χ1) is 31.8. The summed E-state index contributed by atoms with van der Waals surface area (Å²) in [6.45, 7) is 14.2. The lowest BCUT2D eigenvalue weighted by Crippen LogP contribution is -2.49. The van der Waals surface area contributed by atoms with E-state index < -0.39 is 0 Å². The van der Waals surface area contributed by atoms with Crippen LogP contribution in [-0.4, -0.2) is 5.78 Å². The van der Waals surface area contributed by atoms with Crippen LogP contribution in [0.3, 0.4) is 0 Å². The van der Waals surface area contributed by atoms with E-state index in [2.05, 4.69) is 53.7 Å². The number of rotatable bonds is 0. The summed E-state index contributed by atoms with van der Waals surface area (Å²) in [5, 5.41) is 0. The van der Waals surface area contributed by atoms with E-state index in [9.17, 15) is 4.79 Å². The van der Waals surface area contributed by atoms with E-state index >= 15 is 0 Å². The summed E-state index contributed by atoms with van der Waals surface area (Å²) in [4.78, 5) is 12.4. The van der Waals surface area contributed by atoms with E-state index in [0.717, 1.165) is 45.9 Å². The second kappa shape index (κ2) is 18.7. The summed E-state index contributed by atoms with van der Waals surface area (Å²) in [6, 6.07) is 15.8. The predicted octanol–water partition coefficient (Wildman–Crippen LogP) is 18.1.